The summed E-state index contributed by atoms with van der Waals surface area (Å²) in [5.74, 6) is 0.636. The molecule has 4 aromatic rings. The Morgan fingerprint density at radius 2 is 1.93 bits per heavy atom. The van der Waals surface area contributed by atoms with E-state index in [4.69, 9.17) is 9.47 Å². The minimum absolute atomic E-state index is 0.405. The summed E-state index contributed by atoms with van der Waals surface area (Å²) in [6.07, 6.45) is 3.32. The Balaban J connectivity index is 1.71. The van der Waals surface area contributed by atoms with Crippen molar-refractivity contribution < 1.29 is 18.7 Å². The second-order valence-corrected chi connectivity index (χ2v) is 6.45. The van der Waals surface area contributed by atoms with Gasteiger partial charge in [0.2, 0.25) is 0 Å². The Bertz CT molecular complexity index is 1210. The van der Waals surface area contributed by atoms with E-state index < -0.39 is 11.8 Å². The number of rotatable bonds is 5. The van der Waals surface area contributed by atoms with Gasteiger partial charge in [-0.2, -0.15) is 0 Å². The minimum Gasteiger partial charge on any atom is -0.497 e. The number of methoxy groups -OCH3 is 2. The fourth-order valence-corrected chi connectivity index (χ4v) is 3.20. The van der Waals surface area contributed by atoms with Crippen LogP contribution in [0.2, 0.25) is 0 Å². The number of hydrogen-bond acceptors (Lipinski definition) is 4. The number of ether oxygens (including phenoxy) is 2. The fourth-order valence-electron chi connectivity index (χ4n) is 3.20. The van der Waals surface area contributed by atoms with Gasteiger partial charge in [0.1, 0.15) is 17.3 Å². The Morgan fingerprint density at radius 1 is 1.07 bits per heavy atom. The van der Waals surface area contributed by atoms with Crippen molar-refractivity contribution >= 4 is 28.3 Å². The maximum atomic E-state index is 13.9. The molecule has 0 aliphatic heterocycles. The quantitative estimate of drug-likeness (QED) is 0.434. The largest absolute Gasteiger partial charge is 0.497 e. The average Bonchev–Trinajstić information content (AvgIpc) is 3.11. The highest BCUT2D eigenvalue weighted by atomic mass is 19.1. The van der Waals surface area contributed by atoms with Crippen molar-refractivity contribution in [3.8, 4) is 22.8 Å². The second kappa shape index (κ2) is 8.12. The summed E-state index contributed by atoms with van der Waals surface area (Å²) in [7, 11) is 3.04. The van der Waals surface area contributed by atoms with E-state index in [2.05, 4.69) is 20.6 Å². The van der Waals surface area contributed by atoms with Gasteiger partial charge in [0, 0.05) is 34.9 Å². The van der Waals surface area contributed by atoms with Crippen LogP contribution in [0.1, 0.15) is 0 Å². The Kier molecular flexibility index (Phi) is 5.21. The van der Waals surface area contributed by atoms with Crippen molar-refractivity contribution in [2.45, 2.75) is 0 Å². The molecule has 0 bridgehead atoms. The molecular formula is C22H19FN4O3. The Hall–Kier alpha value is -4.07. The van der Waals surface area contributed by atoms with Crippen LogP contribution in [-0.4, -0.2) is 30.2 Å². The van der Waals surface area contributed by atoms with E-state index in [9.17, 15) is 9.18 Å². The Morgan fingerprint density at radius 3 is 2.67 bits per heavy atom. The highest BCUT2D eigenvalue weighted by Gasteiger charge is 2.17. The number of amides is 2. The van der Waals surface area contributed by atoms with Crippen LogP contribution in [0.5, 0.6) is 11.5 Å². The van der Waals surface area contributed by atoms with Crippen molar-refractivity contribution in [2.24, 2.45) is 0 Å². The highest BCUT2D eigenvalue weighted by molar-refractivity contribution is 6.11. The third kappa shape index (κ3) is 3.75. The number of urea groups is 1. The summed E-state index contributed by atoms with van der Waals surface area (Å²) in [5.41, 5.74) is 2.93. The van der Waals surface area contributed by atoms with E-state index >= 15 is 0 Å². The lowest BCUT2D eigenvalue weighted by atomic mass is 10.1. The number of benzene rings is 2. The lowest BCUT2D eigenvalue weighted by Gasteiger charge is -2.13. The van der Waals surface area contributed by atoms with E-state index in [0.29, 0.717) is 39.5 Å². The van der Waals surface area contributed by atoms with E-state index in [0.717, 1.165) is 5.56 Å². The molecule has 152 valence electrons. The number of H-pyrrole nitrogens is 1. The zero-order valence-electron chi connectivity index (χ0n) is 16.3. The van der Waals surface area contributed by atoms with Gasteiger partial charge in [-0.3, -0.25) is 4.98 Å². The molecule has 2 aromatic carbocycles. The standard InChI is InChI=1S/C22H19FN4O3/c1-29-15-6-8-19(30-2)18(11-15)26-22(28)27-21-16-10-14(23)5-7-17(16)25-20(21)13-4-3-9-24-12-13/h3-12,25H,1-2H3,(H2,26,27,28). The van der Waals surface area contributed by atoms with Crippen molar-refractivity contribution in [1.82, 2.24) is 9.97 Å². The second-order valence-electron chi connectivity index (χ2n) is 6.45. The molecule has 0 spiro atoms. The number of pyridine rings is 1. The van der Waals surface area contributed by atoms with Crippen molar-refractivity contribution in [1.29, 1.82) is 0 Å². The summed E-state index contributed by atoms with van der Waals surface area (Å²) in [6.45, 7) is 0. The zero-order chi connectivity index (χ0) is 21.1. The van der Waals surface area contributed by atoms with Gasteiger partial charge in [0.25, 0.3) is 0 Å². The first kappa shape index (κ1) is 19.3. The highest BCUT2D eigenvalue weighted by Crippen LogP contribution is 2.36. The zero-order valence-corrected chi connectivity index (χ0v) is 16.3. The SMILES string of the molecule is COc1ccc(OC)c(NC(=O)Nc2c(-c3cccnc3)[nH]c3ccc(F)cc23)c1. The number of aromatic nitrogens is 2. The van der Waals surface area contributed by atoms with E-state index in [1.54, 1.807) is 42.7 Å². The normalized spacial score (nSPS) is 10.6. The molecule has 4 rings (SSSR count). The number of fused-ring (bicyclic) bond motifs is 1. The third-order valence-corrected chi connectivity index (χ3v) is 4.60. The van der Waals surface area contributed by atoms with Gasteiger partial charge < -0.3 is 25.1 Å². The molecule has 0 unspecified atom stereocenters. The van der Waals surface area contributed by atoms with Gasteiger partial charge in [-0.25, -0.2) is 9.18 Å². The van der Waals surface area contributed by atoms with Gasteiger partial charge in [0.05, 0.1) is 31.3 Å². The number of halogens is 1. The topological polar surface area (TPSA) is 88.3 Å². The van der Waals surface area contributed by atoms with Gasteiger partial charge in [-0.15, -0.1) is 0 Å². The third-order valence-electron chi connectivity index (χ3n) is 4.60. The van der Waals surface area contributed by atoms with Gasteiger partial charge in [-0.1, -0.05) is 0 Å². The number of carbonyl (C=O) groups is 1. The van der Waals surface area contributed by atoms with Crippen LogP contribution in [0.3, 0.4) is 0 Å². The molecule has 2 amide bonds. The first-order valence-electron chi connectivity index (χ1n) is 9.10. The summed E-state index contributed by atoms with van der Waals surface area (Å²) in [4.78, 5) is 20.2. The molecule has 2 aromatic heterocycles. The van der Waals surface area contributed by atoms with Crippen LogP contribution in [0, 0.1) is 5.82 Å². The lowest BCUT2D eigenvalue weighted by molar-refractivity contribution is 0.262. The molecule has 0 saturated heterocycles. The number of aromatic amines is 1. The molecule has 7 nitrogen and oxygen atoms in total. The van der Waals surface area contributed by atoms with E-state index in [-0.39, 0.29) is 0 Å². The first-order valence-corrected chi connectivity index (χ1v) is 9.10. The molecule has 0 aliphatic carbocycles. The van der Waals surface area contributed by atoms with Crippen molar-refractivity contribution in [3.63, 3.8) is 0 Å². The number of hydrogen-bond donors (Lipinski definition) is 3. The predicted molar refractivity (Wildman–Crippen MR) is 114 cm³/mol. The summed E-state index contributed by atoms with van der Waals surface area (Å²) in [5, 5.41) is 6.12. The monoisotopic (exact) mass is 406 g/mol. The van der Waals surface area contributed by atoms with Crippen LogP contribution in [0.4, 0.5) is 20.6 Å². The van der Waals surface area contributed by atoms with Crippen LogP contribution >= 0.6 is 0 Å². The van der Waals surface area contributed by atoms with Crippen molar-refractivity contribution in [3.05, 3.63) is 66.7 Å². The first-order chi connectivity index (χ1) is 14.6. The van der Waals surface area contributed by atoms with Crippen molar-refractivity contribution in [2.75, 3.05) is 24.9 Å². The number of carbonyl (C=O) groups excluding carboxylic acids is 1. The van der Waals surface area contributed by atoms with Gasteiger partial charge >= 0.3 is 6.03 Å². The lowest BCUT2D eigenvalue weighted by Crippen LogP contribution is -2.20. The predicted octanol–water partition coefficient (Wildman–Crippen LogP) is 5.03. The molecule has 0 aliphatic rings. The smallest absolute Gasteiger partial charge is 0.323 e. The molecule has 3 N–H and O–H groups in total. The maximum Gasteiger partial charge on any atom is 0.323 e. The van der Waals surface area contributed by atoms with E-state index in [1.807, 2.05) is 6.07 Å². The molecule has 2 heterocycles. The van der Waals surface area contributed by atoms with Crippen LogP contribution in [0.15, 0.2) is 60.9 Å². The summed E-state index contributed by atoms with van der Waals surface area (Å²) < 4.78 is 24.4. The molecule has 0 radical (unpaired) electrons. The van der Waals surface area contributed by atoms with Crippen LogP contribution < -0.4 is 20.1 Å². The molecule has 0 atom stereocenters. The molecule has 0 fully saturated rings. The average molecular weight is 406 g/mol. The molecular weight excluding hydrogens is 387 g/mol. The molecule has 0 saturated carbocycles. The number of anilines is 2. The number of nitrogens with one attached hydrogen (secondary N) is 3. The summed E-state index contributed by atoms with van der Waals surface area (Å²) >= 11 is 0. The molecule has 30 heavy (non-hydrogen) atoms. The number of nitrogens with zero attached hydrogens (tertiary/aromatic N) is 1. The minimum atomic E-state index is -0.517. The Labute approximate surface area is 171 Å². The van der Waals surface area contributed by atoms with Gasteiger partial charge in [-0.05, 0) is 42.5 Å². The van der Waals surface area contributed by atoms with Crippen LogP contribution in [-0.2, 0) is 0 Å². The summed E-state index contributed by atoms with van der Waals surface area (Å²) in [6, 6.07) is 12.5. The van der Waals surface area contributed by atoms with E-state index in [1.165, 1.54) is 26.4 Å². The maximum absolute atomic E-state index is 13.9. The fraction of sp³-hybridized carbons (Fsp3) is 0.0909. The van der Waals surface area contributed by atoms with Gasteiger partial charge in [0.15, 0.2) is 0 Å². The van der Waals surface area contributed by atoms with Crippen LogP contribution in [0.25, 0.3) is 22.2 Å². The molecule has 8 heteroatoms.